The monoisotopic (exact) mass is 387 g/mol. The fraction of sp³-hybridized carbons (Fsp3) is 0.267. The number of amides is 1. The number of hydrogen-bond acceptors (Lipinski definition) is 6. The van der Waals surface area contributed by atoms with E-state index in [1.807, 2.05) is 0 Å². The molecule has 1 aliphatic heterocycles. The summed E-state index contributed by atoms with van der Waals surface area (Å²) in [6.07, 6.45) is 0.395. The van der Waals surface area contributed by atoms with Gasteiger partial charge in [-0.1, -0.05) is 17.7 Å². The number of nitrogens with one attached hydrogen (secondary N) is 1. The van der Waals surface area contributed by atoms with Crippen LogP contribution in [0.3, 0.4) is 0 Å². The normalized spacial score (nSPS) is 16.8. The van der Waals surface area contributed by atoms with Crippen molar-refractivity contribution in [1.29, 1.82) is 0 Å². The second-order valence-corrected chi connectivity index (χ2v) is 8.84. The van der Waals surface area contributed by atoms with Crippen LogP contribution in [0, 0.1) is 5.92 Å². The number of methoxy groups -OCH3 is 1. The third kappa shape index (κ3) is 3.50. The van der Waals surface area contributed by atoms with Gasteiger partial charge in [-0.3, -0.25) is 4.79 Å². The Labute approximate surface area is 148 Å². The van der Waals surface area contributed by atoms with E-state index < -0.39 is 21.8 Å². The first-order valence-electron chi connectivity index (χ1n) is 7.01. The highest BCUT2D eigenvalue weighted by Gasteiger charge is 2.30. The van der Waals surface area contributed by atoms with Crippen LogP contribution in [0.4, 0.5) is 0 Å². The van der Waals surface area contributed by atoms with E-state index in [-0.39, 0.29) is 10.8 Å². The van der Waals surface area contributed by atoms with Gasteiger partial charge >= 0.3 is 0 Å². The Morgan fingerprint density at radius 3 is 2.83 bits per heavy atom. The number of rotatable bonds is 4. The minimum absolute atomic E-state index is 0.00251. The summed E-state index contributed by atoms with van der Waals surface area (Å²) >= 11 is 6.64. The Hall–Kier alpha value is -1.77. The molecule has 0 bridgehead atoms. The van der Waals surface area contributed by atoms with Gasteiger partial charge < -0.3 is 9.47 Å². The molecule has 0 saturated carbocycles. The molecule has 1 atom stereocenters. The average Bonchev–Trinajstić information content (AvgIpc) is 3.01. The maximum absolute atomic E-state index is 12.3. The van der Waals surface area contributed by atoms with Gasteiger partial charge in [0.1, 0.15) is 22.3 Å². The highest BCUT2D eigenvalue weighted by atomic mass is 35.5. The van der Waals surface area contributed by atoms with Gasteiger partial charge in [-0.05, 0) is 30.2 Å². The van der Waals surface area contributed by atoms with Gasteiger partial charge in [0.05, 0.1) is 17.4 Å². The minimum Gasteiger partial charge on any atom is -0.497 e. The summed E-state index contributed by atoms with van der Waals surface area (Å²) in [5.41, 5.74) is 0.832. The van der Waals surface area contributed by atoms with Crippen LogP contribution in [-0.2, 0) is 21.2 Å². The molecule has 1 aliphatic rings. The summed E-state index contributed by atoms with van der Waals surface area (Å²) in [5, 5.41) is 0. The number of hydrogen-bond donors (Lipinski definition) is 1. The van der Waals surface area contributed by atoms with Gasteiger partial charge in [-0.2, -0.15) is 0 Å². The van der Waals surface area contributed by atoms with Crippen LogP contribution >= 0.6 is 22.9 Å². The quantitative estimate of drug-likeness (QED) is 0.871. The van der Waals surface area contributed by atoms with Crippen molar-refractivity contribution in [2.24, 2.45) is 5.92 Å². The van der Waals surface area contributed by atoms with Crippen LogP contribution < -0.4 is 14.2 Å². The molecule has 0 fully saturated rings. The van der Waals surface area contributed by atoms with Crippen molar-refractivity contribution in [3.8, 4) is 11.5 Å². The lowest BCUT2D eigenvalue weighted by atomic mass is 9.96. The topological polar surface area (TPSA) is 81.7 Å². The molecule has 128 valence electrons. The summed E-state index contributed by atoms with van der Waals surface area (Å²) in [6, 6.07) is 8.15. The van der Waals surface area contributed by atoms with Crippen molar-refractivity contribution in [1.82, 2.24) is 4.72 Å². The molecule has 6 nitrogen and oxygen atoms in total. The molecular weight excluding hydrogens is 374 g/mol. The Morgan fingerprint density at radius 2 is 2.17 bits per heavy atom. The Balaban J connectivity index is 1.72. The number of ether oxygens (including phenoxy) is 2. The first-order chi connectivity index (χ1) is 11.4. The van der Waals surface area contributed by atoms with Crippen molar-refractivity contribution in [3.05, 3.63) is 40.2 Å². The summed E-state index contributed by atoms with van der Waals surface area (Å²) in [7, 11) is -2.36. The lowest BCUT2D eigenvalue weighted by Gasteiger charge is -2.24. The smallest absolute Gasteiger partial charge is 0.273 e. The third-order valence-electron chi connectivity index (χ3n) is 3.60. The van der Waals surface area contributed by atoms with E-state index in [9.17, 15) is 13.2 Å². The van der Waals surface area contributed by atoms with Gasteiger partial charge in [-0.25, -0.2) is 13.1 Å². The summed E-state index contributed by atoms with van der Waals surface area (Å²) in [6.45, 7) is 0.104. The van der Waals surface area contributed by atoms with Crippen LogP contribution in [0.1, 0.15) is 5.56 Å². The Morgan fingerprint density at radius 1 is 1.38 bits per heavy atom. The Bertz CT molecular complexity index is 878. The van der Waals surface area contributed by atoms with Gasteiger partial charge in [0.15, 0.2) is 0 Å². The SMILES string of the molecule is COc1ccc2c(c1)OCC(C(=O)NS(=O)(=O)c1ccc(Cl)s1)C2. The zero-order valence-electron chi connectivity index (χ0n) is 12.6. The molecule has 9 heteroatoms. The molecule has 3 rings (SSSR count). The number of thiophene rings is 1. The van der Waals surface area contributed by atoms with E-state index >= 15 is 0 Å². The number of benzene rings is 1. The van der Waals surface area contributed by atoms with Crippen molar-refractivity contribution < 1.29 is 22.7 Å². The molecule has 1 amide bonds. The van der Waals surface area contributed by atoms with E-state index in [4.69, 9.17) is 21.1 Å². The van der Waals surface area contributed by atoms with E-state index in [1.54, 1.807) is 25.3 Å². The van der Waals surface area contributed by atoms with Crippen molar-refractivity contribution in [3.63, 3.8) is 0 Å². The summed E-state index contributed by atoms with van der Waals surface area (Å²) in [5.74, 6) is 0.122. The minimum atomic E-state index is -3.92. The molecule has 0 radical (unpaired) electrons. The largest absolute Gasteiger partial charge is 0.497 e. The predicted octanol–water partition coefficient (Wildman–Crippen LogP) is 2.47. The molecule has 2 heterocycles. The number of fused-ring (bicyclic) bond motifs is 1. The molecule has 1 aromatic heterocycles. The highest BCUT2D eigenvalue weighted by Crippen LogP contribution is 2.31. The zero-order chi connectivity index (χ0) is 17.3. The molecule has 1 N–H and O–H groups in total. The maximum atomic E-state index is 12.3. The van der Waals surface area contributed by atoms with Crippen LogP contribution in [0.2, 0.25) is 4.34 Å². The fourth-order valence-corrected chi connectivity index (χ4v) is 4.88. The van der Waals surface area contributed by atoms with E-state index in [1.165, 1.54) is 12.1 Å². The van der Waals surface area contributed by atoms with Crippen molar-refractivity contribution in [2.75, 3.05) is 13.7 Å². The first kappa shape index (κ1) is 17.1. The standard InChI is InChI=1S/C15H14ClNO5S2/c1-21-11-3-2-9-6-10(8-22-12(9)7-11)15(18)17-24(19,20)14-5-4-13(16)23-14/h2-5,7,10H,6,8H2,1H3,(H,17,18). The van der Waals surface area contributed by atoms with Crippen molar-refractivity contribution >= 4 is 38.9 Å². The number of halogens is 1. The van der Waals surface area contributed by atoms with Gasteiger partial charge in [-0.15, -0.1) is 11.3 Å². The van der Waals surface area contributed by atoms with E-state index in [0.29, 0.717) is 22.3 Å². The van der Waals surface area contributed by atoms with Crippen LogP contribution in [0.25, 0.3) is 0 Å². The number of sulfonamides is 1. The predicted molar refractivity (Wildman–Crippen MR) is 90.3 cm³/mol. The molecule has 2 aromatic rings. The van der Waals surface area contributed by atoms with Crippen molar-refractivity contribution in [2.45, 2.75) is 10.6 Å². The lowest BCUT2D eigenvalue weighted by Crippen LogP contribution is -2.40. The molecule has 0 saturated heterocycles. The van der Waals surface area contributed by atoms with Gasteiger partial charge in [0.2, 0.25) is 5.91 Å². The fourth-order valence-electron chi connectivity index (χ4n) is 2.36. The van der Waals surface area contributed by atoms with E-state index in [0.717, 1.165) is 16.9 Å². The van der Waals surface area contributed by atoms with Gasteiger partial charge in [0.25, 0.3) is 10.0 Å². The summed E-state index contributed by atoms with van der Waals surface area (Å²) < 4.78 is 37.5. The molecular formula is C15H14ClNO5S2. The third-order valence-corrected chi connectivity index (χ3v) is 6.67. The van der Waals surface area contributed by atoms with Crippen LogP contribution in [-0.4, -0.2) is 28.0 Å². The van der Waals surface area contributed by atoms with Crippen LogP contribution in [0.5, 0.6) is 11.5 Å². The molecule has 0 spiro atoms. The second kappa shape index (κ2) is 6.62. The van der Waals surface area contributed by atoms with Gasteiger partial charge in [0, 0.05) is 6.07 Å². The number of carbonyl (C=O) groups excluding carboxylic acids is 1. The molecule has 1 unspecified atom stereocenters. The number of carbonyl (C=O) groups is 1. The average molecular weight is 388 g/mol. The first-order valence-corrected chi connectivity index (χ1v) is 9.68. The maximum Gasteiger partial charge on any atom is 0.273 e. The van der Waals surface area contributed by atoms with E-state index in [2.05, 4.69) is 4.72 Å². The lowest BCUT2D eigenvalue weighted by molar-refractivity contribution is -0.124. The molecule has 24 heavy (non-hydrogen) atoms. The second-order valence-electron chi connectivity index (χ2n) is 5.21. The molecule has 1 aromatic carbocycles. The highest BCUT2D eigenvalue weighted by molar-refractivity contribution is 7.92. The van der Waals surface area contributed by atoms with Crippen LogP contribution in [0.15, 0.2) is 34.5 Å². The summed E-state index contributed by atoms with van der Waals surface area (Å²) in [4.78, 5) is 12.3. The Kier molecular flexibility index (Phi) is 4.71. The molecule has 0 aliphatic carbocycles. The zero-order valence-corrected chi connectivity index (χ0v) is 15.0.